The number of hydrogen-bond donors (Lipinski definition) is 0. The maximum atomic E-state index is 13.2. The largest absolute Gasteiger partial charge is 0.466 e. The number of alkyl halides is 2. The van der Waals surface area contributed by atoms with E-state index in [1.807, 2.05) is 48.5 Å². The Balaban J connectivity index is 1.67. The molecule has 4 rings (SSSR count). The predicted octanol–water partition coefficient (Wildman–Crippen LogP) is 4.50. The van der Waals surface area contributed by atoms with Crippen LogP contribution in [0.3, 0.4) is 0 Å². The third-order valence-electron chi connectivity index (χ3n) is 6.07. The van der Waals surface area contributed by atoms with Gasteiger partial charge >= 0.3 is 5.97 Å². The fourth-order valence-electron chi connectivity index (χ4n) is 4.69. The van der Waals surface area contributed by atoms with Gasteiger partial charge in [-0.1, -0.05) is 71.7 Å². The molecule has 1 heterocycles. The summed E-state index contributed by atoms with van der Waals surface area (Å²) in [6.07, 6.45) is 0.948. The Morgan fingerprint density at radius 1 is 1.07 bits per heavy atom. The first-order valence-electron chi connectivity index (χ1n) is 9.87. The smallest absolute Gasteiger partial charge is 0.312 e. The highest BCUT2D eigenvalue weighted by Crippen LogP contribution is 2.68. The van der Waals surface area contributed by atoms with Crippen molar-refractivity contribution in [3.8, 4) is 0 Å². The van der Waals surface area contributed by atoms with Crippen LogP contribution < -0.4 is 0 Å². The quantitative estimate of drug-likeness (QED) is 0.517. The SMILES string of the molecule is CCOC(=O)[C@]1(Cc2ccccc2)CCN(C(=O)c2ccccc2)[C@H]2[C@@H]1C2(Cl)Cl. The van der Waals surface area contributed by atoms with Crippen molar-refractivity contribution in [3.63, 3.8) is 0 Å². The second-order valence-corrected chi connectivity index (χ2v) is 9.19. The van der Waals surface area contributed by atoms with Gasteiger partial charge < -0.3 is 9.64 Å². The van der Waals surface area contributed by atoms with Crippen LogP contribution in [0.2, 0.25) is 0 Å². The molecule has 0 bridgehead atoms. The molecule has 0 aromatic heterocycles. The van der Waals surface area contributed by atoms with Gasteiger partial charge in [-0.3, -0.25) is 9.59 Å². The molecule has 2 fully saturated rings. The van der Waals surface area contributed by atoms with E-state index in [2.05, 4.69) is 0 Å². The summed E-state index contributed by atoms with van der Waals surface area (Å²) in [4.78, 5) is 28.0. The number of nitrogens with zero attached hydrogens (tertiary/aromatic N) is 1. The molecule has 1 aliphatic heterocycles. The molecule has 1 saturated carbocycles. The van der Waals surface area contributed by atoms with E-state index in [0.29, 0.717) is 24.9 Å². The summed E-state index contributed by atoms with van der Waals surface area (Å²) in [5.74, 6) is -0.770. The van der Waals surface area contributed by atoms with E-state index in [0.717, 1.165) is 5.56 Å². The minimum absolute atomic E-state index is 0.110. The molecule has 1 aliphatic carbocycles. The van der Waals surface area contributed by atoms with Crippen LogP contribution in [0, 0.1) is 11.3 Å². The first-order chi connectivity index (χ1) is 13.9. The lowest BCUT2D eigenvalue weighted by atomic mass is 9.72. The molecule has 29 heavy (non-hydrogen) atoms. The third-order valence-corrected chi connectivity index (χ3v) is 6.99. The lowest BCUT2D eigenvalue weighted by Gasteiger charge is -2.39. The fourth-order valence-corrected chi connectivity index (χ4v) is 5.71. The number of fused-ring (bicyclic) bond motifs is 1. The highest BCUT2D eigenvalue weighted by atomic mass is 35.5. The minimum Gasteiger partial charge on any atom is -0.466 e. The van der Waals surface area contributed by atoms with Crippen LogP contribution in [-0.2, 0) is 16.0 Å². The molecule has 2 aromatic carbocycles. The molecule has 6 heteroatoms. The van der Waals surface area contributed by atoms with Crippen molar-refractivity contribution in [2.24, 2.45) is 11.3 Å². The first-order valence-corrected chi connectivity index (χ1v) is 10.6. The topological polar surface area (TPSA) is 46.6 Å². The monoisotopic (exact) mass is 431 g/mol. The number of carbonyl (C=O) groups is 2. The zero-order chi connectivity index (χ0) is 20.6. The van der Waals surface area contributed by atoms with Crippen molar-refractivity contribution in [1.82, 2.24) is 4.90 Å². The van der Waals surface area contributed by atoms with E-state index in [9.17, 15) is 9.59 Å². The lowest BCUT2D eigenvalue weighted by molar-refractivity contribution is -0.159. The molecule has 0 radical (unpaired) electrons. The molecule has 0 spiro atoms. The Kier molecular flexibility index (Phi) is 5.34. The van der Waals surface area contributed by atoms with Gasteiger partial charge in [-0.2, -0.15) is 0 Å². The van der Waals surface area contributed by atoms with E-state index in [4.69, 9.17) is 27.9 Å². The van der Waals surface area contributed by atoms with Crippen LogP contribution in [0.15, 0.2) is 60.7 Å². The van der Waals surface area contributed by atoms with E-state index >= 15 is 0 Å². The average Bonchev–Trinajstić information content (AvgIpc) is 3.32. The molecule has 1 saturated heterocycles. The number of likely N-dealkylation sites (tertiary alicyclic amines) is 1. The number of esters is 1. The number of amides is 1. The van der Waals surface area contributed by atoms with E-state index in [-0.39, 0.29) is 24.4 Å². The van der Waals surface area contributed by atoms with E-state index in [1.54, 1.807) is 24.0 Å². The Morgan fingerprint density at radius 3 is 2.31 bits per heavy atom. The van der Waals surface area contributed by atoms with Gasteiger partial charge in [-0.15, -0.1) is 0 Å². The predicted molar refractivity (Wildman–Crippen MR) is 113 cm³/mol. The number of carbonyl (C=O) groups excluding carboxylic acids is 2. The Labute approximate surface area is 180 Å². The number of rotatable bonds is 5. The van der Waals surface area contributed by atoms with Gasteiger partial charge in [0.1, 0.15) is 4.33 Å². The van der Waals surface area contributed by atoms with Gasteiger partial charge in [0, 0.05) is 18.0 Å². The summed E-state index contributed by atoms with van der Waals surface area (Å²) in [6.45, 7) is 2.49. The van der Waals surface area contributed by atoms with Gasteiger partial charge in [0.25, 0.3) is 5.91 Å². The van der Waals surface area contributed by atoms with Crippen LogP contribution in [0.1, 0.15) is 29.3 Å². The summed E-state index contributed by atoms with van der Waals surface area (Å²) in [7, 11) is 0. The Morgan fingerprint density at radius 2 is 1.69 bits per heavy atom. The van der Waals surface area contributed by atoms with Gasteiger partial charge in [-0.25, -0.2) is 0 Å². The zero-order valence-electron chi connectivity index (χ0n) is 16.2. The van der Waals surface area contributed by atoms with Gasteiger partial charge in [0.2, 0.25) is 0 Å². The molecule has 2 aliphatic rings. The fraction of sp³-hybridized carbons (Fsp3) is 0.391. The number of halogens is 2. The van der Waals surface area contributed by atoms with Crippen molar-refractivity contribution in [1.29, 1.82) is 0 Å². The molecule has 1 amide bonds. The van der Waals surface area contributed by atoms with E-state index in [1.165, 1.54) is 0 Å². The summed E-state index contributed by atoms with van der Waals surface area (Å²) < 4.78 is 4.29. The van der Waals surface area contributed by atoms with Crippen molar-refractivity contribution in [2.45, 2.75) is 30.1 Å². The number of benzene rings is 2. The second kappa shape index (κ2) is 7.66. The van der Waals surface area contributed by atoms with Gasteiger partial charge in [0.05, 0.1) is 18.1 Å². The maximum Gasteiger partial charge on any atom is 0.312 e. The lowest BCUT2D eigenvalue weighted by Crippen LogP contribution is -2.49. The number of hydrogen-bond acceptors (Lipinski definition) is 3. The highest BCUT2D eigenvalue weighted by molar-refractivity contribution is 6.52. The maximum absolute atomic E-state index is 13.2. The summed E-state index contributed by atoms with van der Waals surface area (Å²) in [5.41, 5.74) is 0.770. The summed E-state index contributed by atoms with van der Waals surface area (Å²) in [5, 5.41) is 0. The third kappa shape index (κ3) is 3.43. The van der Waals surface area contributed by atoms with Crippen molar-refractivity contribution in [3.05, 3.63) is 71.8 Å². The van der Waals surface area contributed by atoms with Gasteiger partial charge in [0.15, 0.2) is 0 Å². The molecule has 4 nitrogen and oxygen atoms in total. The molecule has 152 valence electrons. The van der Waals surface area contributed by atoms with Crippen LogP contribution >= 0.6 is 23.2 Å². The standard InChI is InChI=1S/C23H23Cl2NO3/c1-2-29-21(28)22(15-16-9-5-3-6-10-16)13-14-26(19-18(22)23(19,24)25)20(27)17-11-7-4-8-12-17/h3-12,18-19H,2,13-15H2,1H3/t18-,19-,22-/m0/s1. The normalized spacial score (nSPS) is 27.1. The molecule has 2 aromatic rings. The summed E-state index contributed by atoms with van der Waals surface area (Å²) >= 11 is 13.4. The average molecular weight is 432 g/mol. The Hall–Kier alpha value is -2.04. The summed E-state index contributed by atoms with van der Waals surface area (Å²) in [6, 6.07) is 18.5. The van der Waals surface area contributed by atoms with Crippen LogP contribution in [0.4, 0.5) is 0 Å². The van der Waals surface area contributed by atoms with Crippen molar-refractivity contribution >= 4 is 35.1 Å². The van der Waals surface area contributed by atoms with E-state index < -0.39 is 15.8 Å². The second-order valence-electron chi connectivity index (χ2n) is 7.75. The minimum atomic E-state index is -1.18. The molecule has 0 unspecified atom stereocenters. The molecular weight excluding hydrogens is 409 g/mol. The van der Waals surface area contributed by atoms with Gasteiger partial charge in [-0.05, 0) is 37.5 Å². The molecular formula is C23H23Cl2NO3. The van der Waals surface area contributed by atoms with Crippen LogP contribution in [0.25, 0.3) is 0 Å². The van der Waals surface area contributed by atoms with Crippen molar-refractivity contribution in [2.75, 3.05) is 13.2 Å². The molecule has 0 N–H and O–H groups in total. The van der Waals surface area contributed by atoms with Crippen molar-refractivity contribution < 1.29 is 14.3 Å². The number of ether oxygens (including phenoxy) is 1. The van der Waals surface area contributed by atoms with Crippen LogP contribution in [0.5, 0.6) is 0 Å². The van der Waals surface area contributed by atoms with Crippen LogP contribution in [-0.4, -0.2) is 40.3 Å². The zero-order valence-corrected chi connectivity index (χ0v) is 17.7. The number of piperidine rings is 1. The highest BCUT2D eigenvalue weighted by Gasteiger charge is 2.77. The molecule has 3 atom stereocenters. The Bertz CT molecular complexity index is 903. The first kappa shape index (κ1) is 20.2.